The van der Waals surface area contributed by atoms with Crippen molar-refractivity contribution < 1.29 is 0 Å². The maximum atomic E-state index is 4.62. The minimum Gasteiger partial charge on any atom is -0.355 e. The maximum Gasteiger partial charge on any atom is 0.191 e. The highest BCUT2D eigenvalue weighted by Gasteiger charge is 2.06. The Balaban J connectivity index is 0.00000441. The summed E-state index contributed by atoms with van der Waals surface area (Å²) in [6.45, 7) is 13.5. The highest BCUT2D eigenvalue weighted by atomic mass is 127. The van der Waals surface area contributed by atoms with Gasteiger partial charge in [0, 0.05) is 25.5 Å². The Kier molecular flexibility index (Phi) is 11.8. The third kappa shape index (κ3) is 7.73. The van der Waals surface area contributed by atoms with Crippen LogP contribution in [-0.4, -0.2) is 49.1 Å². The van der Waals surface area contributed by atoms with Crippen molar-refractivity contribution in [2.75, 3.05) is 33.2 Å². The van der Waals surface area contributed by atoms with Gasteiger partial charge in [-0.2, -0.15) is 0 Å². The van der Waals surface area contributed by atoms with E-state index >= 15 is 0 Å². The molecule has 0 spiro atoms. The molecule has 0 aliphatic heterocycles. The highest BCUT2D eigenvalue weighted by molar-refractivity contribution is 14.0. The number of likely N-dealkylation sites (N-methyl/N-ethyl adjacent to an activating group) is 1. The van der Waals surface area contributed by atoms with Crippen LogP contribution in [0.2, 0.25) is 0 Å². The number of aromatic nitrogens is 1. The van der Waals surface area contributed by atoms with E-state index in [9.17, 15) is 0 Å². The molecule has 0 saturated carbocycles. The van der Waals surface area contributed by atoms with Gasteiger partial charge in [0.15, 0.2) is 5.96 Å². The van der Waals surface area contributed by atoms with Gasteiger partial charge in [0.1, 0.15) is 5.01 Å². The summed E-state index contributed by atoms with van der Waals surface area (Å²) in [6, 6.07) is 0. The fourth-order valence-electron chi connectivity index (χ4n) is 1.92. The molecule has 22 heavy (non-hydrogen) atoms. The maximum absolute atomic E-state index is 4.62. The van der Waals surface area contributed by atoms with Crippen LogP contribution in [0.4, 0.5) is 0 Å². The first-order valence-electron chi connectivity index (χ1n) is 7.71. The first kappa shape index (κ1) is 21.6. The molecule has 1 rings (SSSR count). The predicted molar refractivity (Wildman–Crippen MR) is 108 cm³/mol. The van der Waals surface area contributed by atoms with E-state index in [1.165, 1.54) is 5.69 Å². The number of thiazole rings is 1. The zero-order valence-electron chi connectivity index (χ0n) is 14.3. The molecule has 0 amide bonds. The topological polar surface area (TPSA) is 52.5 Å². The molecule has 0 aromatic carbocycles. The monoisotopic (exact) mass is 439 g/mol. The van der Waals surface area contributed by atoms with E-state index in [0.717, 1.165) is 43.7 Å². The molecule has 7 heteroatoms. The van der Waals surface area contributed by atoms with Crippen LogP contribution in [0, 0.1) is 0 Å². The number of guanidine groups is 1. The number of halogens is 1. The zero-order valence-corrected chi connectivity index (χ0v) is 17.5. The van der Waals surface area contributed by atoms with Gasteiger partial charge in [-0.25, -0.2) is 4.98 Å². The van der Waals surface area contributed by atoms with Crippen molar-refractivity contribution in [1.82, 2.24) is 20.5 Å². The van der Waals surface area contributed by atoms with Gasteiger partial charge in [-0.1, -0.05) is 27.7 Å². The van der Waals surface area contributed by atoms with Gasteiger partial charge in [-0.3, -0.25) is 4.99 Å². The molecule has 0 atom stereocenters. The first-order chi connectivity index (χ1) is 10.1. The molecule has 2 N–H and O–H groups in total. The zero-order chi connectivity index (χ0) is 15.7. The average Bonchev–Trinajstić information content (AvgIpc) is 2.96. The summed E-state index contributed by atoms with van der Waals surface area (Å²) in [5.74, 6) is 1.32. The van der Waals surface area contributed by atoms with Crippen molar-refractivity contribution in [3.05, 3.63) is 16.1 Å². The summed E-state index contributed by atoms with van der Waals surface area (Å²) in [6.07, 6.45) is 0. The third-order valence-electron chi connectivity index (χ3n) is 3.41. The Hall–Kier alpha value is -0.410. The molecule has 0 bridgehead atoms. The molecule has 1 aromatic heterocycles. The lowest BCUT2D eigenvalue weighted by atomic mass is 10.2. The molecule has 0 fully saturated rings. The van der Waals surface area contributed by atoms with Crippen LogP contribution < -0.4 is 10.6 Å². The van der Waals surface area contributed by atoms with Crippen LogP contribution in [-0.2, 0) is 6.54 Å². The minimum absolute atomic E-state index is 0. The number of nitrogens with one attached hydrogen (secondary N) is 2. The van der Waals surface area contributed by atoms with Gasteiger partial charge < -0.3 is 15.5 Å². The van der Waals surface area contributed by atoms with Crippen molar-refractivity contribution in [2.24, 2.45) is 4.99 Å². The summed E-state index contributed by atoms with van der Waals surface area (Å²) < 4.78 is 0. The fourth-order valence-corrected chi connectivity index (χ4v) is 2.82. The van der Waals surface area contributed by atoms with Crippen LogP contribution in [0.25, 0.3) is 0 Å². The number of nitrogens with zero attached hydrogens (tertiary/aromatic N) is 3. The van der Waals surface area contributed by atoms with Crippen LogP contribution in [0.15, 0.2) is 10.4 Å². The third-order valence-corrected chi connectivity index (χ3v) is 4.27. The van der Waals surface area contributed by atoms with Gasteiger partial charge >= 0.3 is 0 Å². The van der Waals surface area contributed by atoms with Crippen LogP contribution >= 0.6 is 35.3 Å². The van der Waals surface area contributed by atoms with E-state index < -0.39 is 0 Å². The van der Waals surface area contributed by atoms with Crippen LogP contribution in [0.3, 0.4) is 0 Å². The molecule has 1 heterocycles. The summed E-state index contributed by atoms with van der Waals surface area (Å²) in [5.41, 5.74) is 1.17. The normalized spacial score (nSPS) is 11.7. The molecule has 0 aliphatic carbocycles. The number of rotatable bonds is 8. The molecule has 0 saturated heterocycles. The van der Waals surface area contributed by atoms with E-state index in [2.05, 4.69) is 58.6 Å². The van der Waals surface area contributed by atoms with Crippen molar-refractivity contribution in [3.63, 3.8) is 0 Å². The van der Waals surface area contributed by atoms with Crippen molar-refractivity contribution in [2.45, 2.75) is 40.2 Å². The lowest BCUT2D eigenvalue weighted by Gasteiger charge is -2.19. The summed E-state index contributed by atoms with van der Waals surface area (Å²) in [4.78, 5) is 11.2. The molecule has 0 aliphatic rings. The summed E-state index contributed by atoms with van der Waals surface area (Å²) in [5, 5.41) is 9.90. The van der Waals surface area contributed by atoms with Crippen LogP contribution in [0.5, 0.6) is 0 Å². The second kappa shape index (κ2) is 12.1. The lowest BCUT2D eigenvalue weighted by molar-refractivity contribution is 0.308. The van der Waals surface area contributed by atoms with E-state index in [4.69, 9.17) is 0 Å². The standard InChI is InChI=1S/C15H29N5S.HI/c1-6-20(7-2)9-8-17-15(16-5)18-10-14-19-13(11-21-14)12(3)4;/h11-12H,6-10H2,1-5H3,(H2,16,17,18);1H. The Morgan fingerprint density at radius 1 is 1.32 bits per heavy atom. The van der Waals surface area contributed by atoms with Gasteiger partial charge in [0.2, 0.25) is 0 Å². The molecular formula is C15H30IN5S. The lowest BCUT2D eigenvalue weighted by Crippen LogP contribution is -2.41. The van der Waals surface area contributed by atoms with Gasteiger partial charge in [-0.15, -0.1) is 35.3 Å². The summed E-state index contributed by atoms with van der Waals surface area (Å²) >= 11 is 1.70. The SMILES string of the molecule is CCN(CC)CCNC(=NC)NCc1nc(C(C)C)cs1.I. The quantitative estimate of drug-likeness (QED) is 0.372. The minimum atomic E-state index is 0. The average molecular weight is 439 g/mol. The number of aliphatic imine (C=N–C) groups is 1. The van der Waals surface area contributed by atoms with Crippen LogP contribution in [0.1, 0.15) is 44.3 Å². The molecule has 0 unspecified atom stereocenters. The first-order valence-corrected chi connectivity index (χ1v) is 8.59. The Morgan fingerprint density at radius 2 is 2.00 bits per heavy atom. The van der Waals surface area contributed by atoms with E-state index in [1.807, 2.05) is 0 Å². The van der Waals surface area contributed by atoms with E-state index in [0.29, 0.717) is 5.92 Å². The molecule has 128 valence electrons. The second-order valence-electron chi connectivity index (χ2n) is 5.20. The molecule has 1 aromatic rings. The van der Waals surface area contributed by atoms with Crippen molar-refractivity contribution in [1.29, 1.82) is 0 Å². The summed E-state index contributed by atoms with van der Waals surface area (Å²) in [7, 11) is 1.80. The Morgan fingerprint density at radius 3 is 2.50 bits per heavy atom. The Labute approximate surface area is 156 Å². The van der Waals surface area contributed by atoms with E-state index in [-0.39, 0.29) is 24.0 Å². The van der Waals surface area contributed by atoms with Gasteiger partial charge in [-0.05, 0) is 19.0 Å². The number of hydrogen-bond donors (Lipinski definition) is 2. The highest BCUT2D eigenvalue weighted by Crippen LogP contribution is 2.17. The molecule has 5 nitrogen and oxygen atoms in total. The Bertz CT molecular complexity index is 429. The fraction of sp³-hybridized carbons (Fsp3) is 0.733. The predicted octanol–water partition coefficient (Wildman–Crippen LogP) is 2.89. The largest absolute Gasteiger partial charge is 0.355 e. The van der Waals surface area contributed by atoms with E-state index in [1.54, 1.807) is 18.4 Å². The second-order valence-corrected chi connectivity index (χ2v) is 6.14. The van der Waals surface area contributed by atoms with Crippen molar-refractivity contribution >= 4 is 41.3 Å². The number of hydrogen-bond acceptors (Lipinski definition) is 4. The molecular weight excluding hydrogens is 409 g/mol. The van der Waals surface area contributed by atoms with Gasteiger partial charge in [0.05, 0.1) is 12.2 Å². The molecule has 0 radical (unpaired) electrons. The van der Waals surface area contributed by atoms with Gasteiger partial charge in [0.25, 0.3) is 0 Å². The smallest absolute Gasteiger partial charge is 0.191 e. The van der Waals surface area contributed by atoms with Crippen molar-refractivity contribution in [3.8, 4) is 0 Å².